The van der Waals surface area contributed by atoms with Crippen LogP contribution in [0.4, 0.5) is 11.8 Å². The van der Waals surface area contributed by atoms with E-state index in [4.69, 9.17) is 0 Å². The average Bonchev–Trinajstić information content (AvgIpc) is 2.51. The molecule has 2 rings (SSSR count). The second-order valence-electron chi connectivity index (χ2n) is 5.52. The highest BCUT2D eigenvalue weighted by atomic mass is 16.1. The zero-order chi connectivity index (χ0) is 15.2. The molecule has 0 spiro atoms. The van der Waals surface area contributed by atoms with Gasteiger partial charge in [0.2, 0.25) is 11.9 Å². The smallest absolute Gasteiger partial charge is 0.224 e. The van der Waals surface area contributed by atoms with Gasteiger partial charge >= 0.3 is 0 Å². The summed E-state index contributed by atoms with van der Waals surface area (Å²) in [7, 11) is 1.70. The van der Waals surface area contributed by atoms with E-state index >= 15 is 0 Å². The van der Waals surface area contributed by atoms with Crippen molar-refractivity contribution in [2.24, 2.45) is 5.92 Å². The highest BCUT2D eigenvalue weighted by Gasteiger charge is 2.26. The number of amides is 1. The van der Waals surface area contributed by atoms with Crippen molar-refractivity contribution in [3.63, 3.8) is 0 Å². The molecule has 1 saturated heterocycles. The predicted octanol–water partition coefficient (Wildman–Crippen LogP) is 1.57. The Hall–Kier alpha value is -1.85. The molecular formula is C15H25N5O. The topological polar surface area (TPSA) is 70.2 Å². The summed E-state index contributed by atoms with van der Waals surface area (Å²) in [6.07, 6.45) is 3.00. The van der Waals surface area contributed by atoms with E-state index in [1.54, 1.807) is 7.05 Å². The number of carbonyl (C=O) groups is 1. The SMILES string of the molecule is CCCNc1nc(C)cc(N2CCCC(C(=O)NC)C2)n1. The van der Waals surface area contributed by atoms with Crippen molar-refractivity contribution in [1.82, 2.24) is 15.3 Å². The Morgan fingerprint density at radius 1 is 1.48 bits per heavy atom. The summed E-state index contributed by atoms with van der Waals surface area (Å²) in [4.78, 5) is 23.0. The van der Waals surface area contributed by atoms with Gasteiger partial charge in [-0.3, -0.25) is 4.79 Å². The van der Waals surface area contributed by atoms with E-state index in [0.29, 0.717) is 5.95 Å². The van der Waals surface area contributed by atoms with Crippen LogP contribution in [0.2, 0.25) is 0 Å². The minimum atomic E-state index is 0.0473. The Kier molecular flexibility index (Phi) is 5.36. The van der Waals surface area contributed by atoms with Crippen LogP contribution >= 0.6 is 0 Å². The van der Waals surface area contributed by atoms with Crippen molar-refractivity contribution in [1.29, 1.82) is 0 Å². The van der Waals surface area contributed by atoms with Crippen molar-refractivity contribution >= 4 is 17.7 Å². The fourth-order valence-corrected chi connectivity index (χ4v) is 2.63. The Balaban J connectivity index is 2.12. The molecule has 1 aromatic heterocycles. The van der Waals surface area contributed by atoms with Crippen LogP contribution in [0.5, 0.6) is 0 Å². The molecule has 1 aliphatic rings. The van der Waals surface area contributed by atoms with Gasteiger partial charge in [-0.1, -0.05) is 6.92 Å². The van der Waals surface area contributed by atoms with Crippen molar-refractivity contribution in [3.8, 4) is 0 Å². The molecule has 1 aliphatic heterocycles. The maximum absolute atomic E-state index is 11.8. The molecule has 2 heterocycles. The number of nitrogens with zero attached hydrogens (tertiary/aromatic N) is 3. The molecular weight excluding hydrogens is 266 g/mol. The van der Waals surface area contributed by atoms with Gasteiger partial charge in [0.05, 0.1) is 5.92 Å². The van der Waals surface area contributed by atoms with Gasteiger partial charge in [-0.15, -0.1) is 0 Å². The molecule has 0 saturated carbocycles. The molecule has 0 bridgehead atoms. The van der Waals surface area contributed by atoms with E-state index < -0.39 is 0 Å². The van der Waals surface area contributed by atoms with E-state index in [2.05, 4.69) is 32.4 Å². The molecule has 1 amide bonds. The van der Waals surface area contributed by atoms with Gasteiger partial charge in [-0.25, -0.2) is 4.98 Å². The summed E-state index contributed by atoms with van der Waals surface area (Å²) in [6, 6.07) is 1.99. The number of hydrogen-bond acceptors (Lipinski definition) is 5. The monoisotopic (exact) mass is 291 g/mol. The van der Waals surface area contributed by atoms with E-state index in [1.807, 2.05) is 13.0 Å². The number of aromatic nitrogens is 2. The second-order valence-corrected chi connectivity index (χ2v) is 5.52. The first-order valence-electron chi connectivity index (χ1n) is 7.70. The molecule has 0 radical (unpaired) electrons. The zero-order valence-electron chi connectivity index (χ0n) is 13.1. The minimum absolute atomic E-state index is 0.0473. The van der Waals surface area contributed by atoms with Crippen LogP contribution in [-0.4, -0.2) is 42.6 Å². The Morgan fingerprint density at radius 2 is 2.29 bits per heavy atom. The van der Waals surface area contributed by atoms with E-state index in [1.165, 1.54) is 0 Å². The second kappa shape index (κ2) is 7.24. The third-order valence-corrected chi connectivity index (χ3v) is 3.74. The number of carbonyl (C=O) groups excluding carboxylic acids is 1. The summed E-state index contributed by atoms with van der Waals surface area (Å²) in [5.41, 5.74) is 0.945. The van der Waals surface area contributed by atoms with Gasteiger partial charge in [0.15, 0.2) is 0 Å². The predicted molar refractivity (Wildman–Crippen MR) is 84.6 cm³/mol. The minimum Gasteiger partial charge on any atom is -0.359 e. The van der Waals surface area contributed by atoms with Crippen molar-refractivity contribution in [2.45, 2.75) is 33.1 Å². The standard InChI is InChI=1S/C15H25N5O/c1-4-7-17-15-18-11(2)9-13(19-15)20-8-5-6-12(10-20)14(21)16-3/h9,12H,4-8,10H2,1-3H3,(H,16,21)(H,17,18,19). The number of rotatable bonds is 5. The number of anilines is 2. The van der Waals surface area contributed by atoms with Crippen LogP contribution in [0.3, 0.4) is 0 Å². The molecule has 2 N–H and O–H groups in total. The number of piperidine rings is 1. The lowest BCUT2D eigenvalue weighted by Crippen LogP contribution is -2.42. The van der Waals surface area contributed by atoms with Crippen LogP contribution in [0.15, 0.2) is 6.07 Å². The quantitative estimate of drug-likeness (QED) is 0.862. The first-order valence-corrected chi connectivity index (χ1v) is 7.70. The Morgan fingerprint density at radius 3 is 3.00 bits per heavy atom. The van der Waals surface area contributed by atoms with Gasteiger partial charge in [0.1, 0.15) is 5.82 Å². The highest BCUT2D eigenvalue weighted by molar-refractivity contribution is 5.79. The van der Waals surface area contributed by atoms with Crippen molar-refractivity contribution < 1.29 is 4.79 Å². The van der Waals surface area contributed by atoms with Crippen LogP contribution in [0.1, 0.15) is 31.9 Å². The van der Waals surface area contributed by atoms with Gasteiger partial charge in [0.25, 0.3) is 0 Å². The van der Waals surface area contributed by atoms with Gasteiger partial charge in [-0.2, -0.15) is 4.98 Å². The van der Waals surface area contributed by atoms with Gasteiger partial charge in [0, 0.05) is 38.4 Å². The third-order valence-electron chi connectivity index (χ3n) is 3.74. The molecule has 0 aromatic carbocycles. The van der Waals surface area contributed by atoms with E-state index in [0.717, 1.165) is 50.4 Å². The average molecular weight is 291 g/mol. The molecule has 116 valence electrons. The summed E-state index contributed by atoms with van der Waals surface area (Å²) in [5, 5.41) is 5.98. The molecule has 6 heteroatoms. The maximum atomic E-state index is 11.8. The molecule has 1 fully saturated rings. The third kappa shape index (κ3) is 4.06. The summed E-state index contributed by atoms with van der Waals surface area (Å²) < 4.78 is 0. The number of nitrogens with one attached hydrogen (secondary N) is 2. The Labute approximate surface area is 126 Å². The number of hydrogen-bond donors (Lipinski definition) is 2. The summed E-state index contributed by atoms with van der Waals surface area (Å²) in [5.74, 6) is 1.75. The van der Waals surface area contributed by atoms with Gasteiger partial charge < -0.3 is 15.5 Å². The first kappa shape index (κ1) is 15.5. The summed E-state index contributed by atoms with van der Waals surface area (Å²) in [6.45, 7) is 6.62. The lowest BCUT2D eigenvalue weighted by atomic mass is 9.97. The van der Waals surface area contributed by atoms with Crippen LogP contribution in [-0.2, 0) is 4.79 Å². The van der Waals surface area contributed by atoms with E-state index in [-0.39, 0.29) is 11.8 Å². The number of aryl methyl sites for hydroxylation is 1. The molecule has 1 unspecified atom stereocenters. The highest BCUT2D eigenvalue weighted by Crippen LogP contribution is 2.23. The lowest BCUT2D eigenvalue weighted by Gasteiger charge is -2.32. The van der Waals surface area contributed by atoms with Crippen molar-refractivity contribution in [3.05, 3.63) is 11.8 Å². The van der Waals surface area contributed by atoms with E-state index in [9.17, 15) is 4.79 Å². The lowest BCUT2D eigenvalue weighted by molar-refractivity contribution is -0.124. The fourth-order valence-electron chi connectivity index (χ4n) is 2.63. The summed E-state index contributed by atoms with van der Waals surface area (Å²) >= 11 is 0. The van der Waals surface area contributed by atoms with Crippen LogP contribution in [0, 0.1) is 12.8 Å². The molecule has 6 nitrogen and oxygen atoms in total. The van der Waals surface area contributed by atoms with Crippen LogP contribution in [0.25, 0.3) is 0 Å². The zero-order valence-corrected chi connectivity index (χ0v) is 13.1. The van der Waals surface area contributed by atoms with Crippen molar-refractivity contribution in [2.75, 3.05) is 36.9 Å². The van der Waals surface area contributed by atoms with Crippen LogP contribution < -0.4 is 15.5 Å². The molecule has 0 aliphatic carbocycles. The normalized spacial score (nSPS) is 18.4. The molecule has 21 heavy (non-hydrogen) atoms. The fraction of sp³-hybridized carbons (Fsp3) is 0.667. The molecule has 1 aromatic rings. The van der Waals surface area contributed by atoms with Gasteiger partial charge in [-0.05, 0) is 26.2 Å². The maximum Gasteiger partial charge on any atom is 0.224 e. The Bertz CT molecular complexity index is 491. The largest absolute Gasteiger partial charge is 0.359 e. The molecule has 1 atom stereocenters. The first-order chi connectivity index (χ1) is 10.1.